The lowest BCUT2D eigenvalue weighted by Crippen LogP contribution is -2.26. The Morgan fingerprint density at radius 2 is 2.14 bits per heavy atom. The average Bonchev–Trinajstić information content (AvgIpc) is 2.78. The molecule has 2 aromatic rings. The second kappa shape index (κ2) is 6.21. The van der Waals surface area contributed by atoms with Crippen molar-refractivity contribution in [2.45, 2.75) is 13.3 Å². The molecule has 0 saturated carbocycles. The van der Waals surface area contributed by atoms with Crippen LogP contribution in [-0.2, 0) is 13.5 Å². The summed E-state index contributed by atoms with van der Waals surface area (Å²) in [7, 11) is 1.77. The maximum atomic E-state index is 12.0. The minimum Gasteiger partial charge on any atom is -0.478 e. The first-order valence-electron chi connectivity index (χ1n) is 6.58. The van der Waals surface area contributed by atoms with Gasteiger partial charge < -0.3 is 10.4 Å². The van der Waals surface area contributed by atoms with Gasteiger partial charge in [-0.1, -0.05) is 12.1 Å². The third-order valence-corrected chi connectivity index (χ3v) is 3.13. The summed E-state index contributed by atoms with van der Waals surface area (Å²) < 4.78 is 1.60. The second-order valence-corrected chi connectivity index (χ2v) is 4.81. The summed E-state index contributed by atoms with van der Waals surface area (Å²) in [5.74, 6) is -1.12. The Morgan fingerprint density at radius 3 is 2.76 bits per heavy atom. The smallest absolute Gasteiger partial charge is 0.335 e. The Balaban J connectivity index is 1.92. The number of hydrogen-bond acceptors (Lipinski definition) is 3. The lowest BCUT2D eigenvalue weighted by atomic mass is 10.1. The molecule has 0 bridgehead atoms. The number of carbonyl (C=O) groups is 2. The number of rotatable bonds is 5. The lowest BCUT2D eigenvalue weighted by Gasteiger charge is -2.05. The van der Waals surface area contributed by atoms with Crippen molar-refractivity contribution in [2.24, 2.45) is 7.05 Å². The van der Waals surface area contributed by atoms with Gasteiger partial charge in [0.1, 0.15) is 0 Å². The first kappa shape index (κ1) is 14.8. The van der Waals surface area contributed by atoms with E-state index in [-0.39, 0.29) is 11.5 Å². The molecular weight excluding hydrogens is 270 g/mol. The van der Waals surface area contributed by atoms with Crippen LogP contribution >= 0.6 is 0 Å². The number of carboxylic acids is 1. The highest BCUT2D eigenvalue weighted by molar-refractivity contribution is 5.95. The van der Waals surface area contributed by atoms with Crippen LogP contribution in [0.2, 0.25) is 0 Å². The number of nitrogens with zero attached hydrogens (tertiary/aromatic N) is 2. The fourth-order valence-electron chi connectivity index (χ4n) is 2.10. The lowest BCUT2D eigenvalue weighted by molar-refractivity contribution is 0.0696. The predicted molar refractivity (Wildman–Crippen MR) is 77.4 cm³/mol. The number of aromatic carboxylic acids is 1. The topological polar surface area (TPSA) is 84.2 Å². The molecule has 21 heavy (non-hydrogen) atoms. The minimum atomic E-state index is -0.952. The van der Waals surface area contributed by atoms with E-state index in [2.05, 4.69) is 10.4 Å². The molecule has 0 spiro atoms. The molecule has 0 radical (unpaired) electrons. The predicted octanol–water partition coefficient (Wildman–Crippen LogP) is 1.40. The molecule has 1 aromatic heterocycles. The molecular formula is C15H17N3O3. The van der Waals surface area contributed by atoms with E-state index in [1.807, 2.05) is 6.07 Å². The van der Waals surface area contributed by atoms with Crippen molar-refractivity contribution in [3.63, 3.8) is 0 Å². The first-order chi connectivity index (χ1) is 9.97. The van der Waals surface area contributed by atoms with Gasteiger partial charge >= 0.3 is 5.97 Å². The van der Waals surface area contributed by atoms with Gasteiger partial charge in [-0.05, 0) is 31.0 Å². The Bertz CT molecular complexity index is 677. The summed E-state index contributed by atoms with van der Waals surface area (Å²) in [6, 6.07) is 6.70. The molecule has 0 saturated heterocycles. The summed E-state index contributed by atoms with van der Waals surface area (Å²) in [6.45, 7) is 2.22. The van der Waals surface area contributed by atoms with Crippen LogP contribution in [0.4, 0.5) is 0 Å². The summed E-state index contributed by atoms with van der Waals surface area (Å²) >= 11 is 0. The second-order valence-electron chi connectivity index (χ2n) is 4.81. The monoisotopic (exact) mass is 287 g/mol. The SMILES string of the molecule is Cc1nn(C)cc1C(=O)NCCc1cccc(C(=O)O)c1. The summed E-state index contributed by atoms with van der Waals surface area (Å²) in [4.78, 5) is 22.9. The number of amides is 1. The molecule has 0 unspecified atom stereocenters. The molecule has 0 aliphatic carbocycles. The Kier molecular flexibility index (Phi) is 4.37. The van der Waals surface area contributed by atoms with E-state index in [9.17, 15) is 9.59 Å². The van der Waals surface area contributed by atoms with Crippen molar-refractivity contribution in [2.75, 3.05) is 6.54 Å². The minimum absolute atomic E-state index is 0.171. The van der Waals surface area contributed by atoms with Gasteiger partial charge in [0.2, 0.25) is 0 Å². The van der Waals surface area contributed by atoms with Crippen LogP contribution in [0.25, 0.3) is 0 Å². The van der Waals surface area contributed by atoms with Crippen molar-refractivity contribution in [3.8, 4) is 0 Å². The van der Waals surface area contributed by atoms with E-state index in [1.165, 1.54) is 0 Å². The average molecular weight is 287 g/mol. The van der Waals surface area contributed by atoms with E-state index in [4.69, 9.17) is 5.11 Å². The van der Waals surface area contributed by atoms with Crippen LogP contribution in [0.1, 0.15) is 32.0 Å². The molecule has 2 N–H and O–H groups in total. The molecule has 1 amide bonds. The van der Waals surface area contributed by atoms with Crippen LogP contribution in [-0.4, -0.2) is 33.3 Å². The zero-order valence-electron chi connectivity index (χ0n) is 12.0. The highest BCUT2D eigenvalue weighted by Crippen LogP contribution is 2.07. The number of carbonyl (C=O) groups excluding carboxylic acids is 1. The molecule has 1 heterocycles. The van der Waals surface area contributed by atoms with Gasteiger partial charge in [0.15, 0.2) is 0 Å². The molecule has 2 rings (SSSR count). The fraction of sp³-hybridized carbons (Fsp3) is 0.267. The Hall–Kier alpha value is -2.63. The van der Waals surface area contributed by atoms with Crippen LogP contribution in [0.5, 0.6) is 0 Å². The highest BCUT2D eigenvalue weighted by atomic mass is 16.4. The third-order valence-electron chi connectivity index (χ3n) is 3.13. The molecule has 0 aliphatic heterocycles. The van der Waals surface area contributed by atoms with E-state index in [0.29, 0.717) is 24.2 Å². The van der Waals surface area contributed by atoms with Crippen molar-refractivity contribution < 1.29 is 14.7 Å². The number of nitrogens with one attached hydrogen (secondary N) is 1. The van der Waals surface area contributed by atoms with Crippen molar-refractivity contribution in [3.05, 3.63) is 52.8 Å². The van der Waals surface area contributed by atoms with Gasteiger partial charge in [-0.15, -0.1) is 0 Å². The summed E-state index contributed by atoms with van der Waals surface area (Å²) in [5, 5.41) is 15.9. The van der Waals surface area contributed by atoms with E-state index < -0.39 is 5.97 Å². The molecule has 6 nitrogen and oxygen atoms in total. The number of hydrogen-bond donors (Lipinski definition) is 2. The number of aromatic nitrogens is 2. The summed E-state index contributed by atoms with van der Waals surface area (Å²) in [6.07, 6.45) is 2.25. The van der Waals surface area contributed by atoms with Crippen molar-refractivity contribution in [1.82, 2.24) is 15.1 Å². The normalized spacial score (nSPS) is 10.4. The first-order valence-corrected chi connectivity index (χ1v) is 6.58. The number of carboxylic acid groups (broad SMARTS) is 1. The van der Waals surface area contributed by atoms with Crippen molar-refractivity contribution >= 4 is 11.9 Å². The zero-order valence-corrected chi connectivity index (χ0v) is 12.0. The van der Waals surface area contributed by atoms with Crippen LogP contribution in [0, 0.1) is 6.92 Å². The molecule has 0 fully saturated rings. The Labute approximate surface area is 122 Å². The third kappa shape index (κ3) is 3.68. The van der Waals surface area contributed by atoms with Crippen molar-refractivity contribution in [1.29, 1.82) is 0 Å². The van der Waals surface area contributed by atoms with Gasteiger partial charge in [0.05, 0.1) is 16.8 Å². The maximum absolute atomic E-state index is 12.0. The van der Waals surface area contributed by atoms with E-state index >= 15 is 0 Å². The van der Waals surface area contributed by atoms with Gasteiger partial charge in [-0.3, -0.25) is 9.48 Å². The van der Waals surface area contributed by atoms with Gasteiger partial charge in [-0.25, -0.2) is 4.79 Å². The molecule has 110 valence electrons. The maximum Gasteiger partial charge on any atom is 0.335 e. The fourth-order valence-corrected chi connectivity index (χ4v) is 2.10. The molecule has 0 aliphatic rings. The molecule has 1 aromatic carbocycles. The van der Waals surface area contributed by atoms with Gasteiger partial charge in [0, 0.05) is 19.8 Å². The zero-order chi connectivity index (χ0) is 15.4. The van der Waals surface area contributed by atoms with Gasteiger partial charge in [-0.2, -0.15) is 5.10 Å². The number of aryl methyl sites for hydroxylation is 2. The highest BCUT2D eigenvalue weighted by Gasteiger charge is 2.11. The molecule has 0 atom stereocenters. The van der Waals surface area contributed by atoms with E-state index in [0.717, 1.165) is 5.56 Å². The van der Waals surface area contributed by atoms with E-state index in [1.54, 1.807) is 43.0 Å². The Morgan fingerprint density at radius 1 is 1.38 bits per heavy atom. The standard InChI is InChI=1S/C15H17N3O3/c1-10-13(9-18(2)17-10)14(19)16-7-6-11-4-3-5-12(8-11)15(20)21/h3-5,8-9H,6-7H2,1-2H3,(H,16,19)(H,20,21). The quantitative estimate of drug-likeness (QED) is 0.870. The largest absolute Gasteiger partial charge is 0.478 e. The number of benzene rings is 1. The molecule has 6 heteroatoms. The van der Waals surface area contributed by atoms with Gasteiger partial charge in [0.25, 0.3) is 5.91 Å². The van der Waals surface area contributed by atoms with Crippen LogP contribution in [0.3, 0.4) is 0 Å². The van der Waals surface area contributed by atoms with Crippen LogP contribution in [0.15, 0.2) is 30.5 Å². The summed E-state index contributed by atoms with van der Waals surface area (Å²) in [5.41, 5.74) is 2.36. The van der Waals surface area contributed by atoms with Crippen LogP contribution < -0.4 is 5.32 Å².